The van der Waals surface area contributed by atoms with Gasteiger partial charge in [0.25, 0.3) is 11.8 Å². The summed E-state index contributed by atoms with van der Waals surface area (Å²) in [5, 5.41) is 2.70. The molecule has 1 aromatic carbocycles. The first-order valence-electron chi connectivity index (χ1n) is 7.82. The Morgan fingerprint density at radius 1 is 1.12 bits per heavy atom. The molecule has 130 valence electrons. The lowest BCUT2D eigenvalue weighted by atomic mass is 10.2. The van der Waals surface area contributed by atoms with E-state index in [1.807, 2.05) is 0 Å². The Morgan fingerprint density at radius 3 is 2.48 bits per heavy atom. The van der Waals surface area contributed by atoms with E-state index >= 15 is 0 Å². The first-order valence-corrected chi connectivity index (χ1v) is 8.62. The molecule has 1 aliphatic heterocycles. The Hall–Kier alpha value is -2.38. The lowest BCUT2D eigenvalue weighted by Gasteiger charge is -2.27. The summed E-state index contributed by atoms with van der Waals surface area (Å²) in [6.07, 6.45) is 3.05. The minimum Gasteiger partial charge on any atom is -0.465 e. The maximum atomic E-state index is 12.8. The maximum Gasteiger partial charge on any atom is 0.270 e. The molecule has 0 atom stereocenters. The molecular formula is C18H17BrN2O4. The highest BCUT2D eigenvalue weighted by molar-refractivity contribution is 9.10. The van der Waals surface area contributed by atoms with Gasteiger partial charge in [-0.3, -0.25) is 9.59 Å². The highest BCUT2D eigenvalue weighted by Crippen LogP contribution is 2.13. The van der Waals surface area contributed by atoms with E-state index < -0.39 is 0 Å². The number of benzene rings is 1. The Bertz CT molecular complexity index is 763. The van der Waals surface area contributed by atoms with Crippen molar-refractivity contribution < 1.29 is 18.7 Å². The smallest absolute Gasteiger partial charge is 0.270 e. The van der Waals surface area contributed by atoms with Crippen molar-refractivity contribution >= 4 is 33.8 Å². The number of nitrogens with zero attached hydrogens (tertiary/aromatic N) is 1. The number of morpholine rings is 1. The summed E-state index contributed by atoms with van der Waals surface area (Å²) in [7, 11) is 0. The average molecular weight is 405 g/mol. The van der Waals surface area contributed by atoms with Gasteiger partial charge in [0, 0.05) is 29.2 Å². The number of hydrogen-bond acceptors (Lipinski definition) is 4. The Morgan fingerprint density at radius 2 is 1.84 bits per heavy atom. The molecule has 1 aromatic heterocycles. The number of nitrogens with one attached hydrogen (secondary N) is 1. The van der Waals surface area contributed by atoms with E-state index in [1.165, 1.54) is 12.3 Å². The molecule has 1 saturated heterocycles. The highest BCUT2D eigenvalue weighted by Gasteiger charge is 2.23. The first-order chi connectivity index (χ1) is 12.1. The van der Waals surface area contributed by atoms with Gasteiger partial charge in [-0.15, -0.1) is 0 Å². The van der Waals surface area contributed by atoms with Crippen LogP contribution in [0.3, 0.4) is 0 Å². The second-order valence-electron chi connectivity index (χ2n) is 5.44. The summed E-state index contributed by atoms with van der Waals surface area (Å²) in [5.74, 6) is -0.121. The second kappa shape index (κ2) is 8.13. The minimum atomic E-state index is -0.355. The van der Waals surface area contributed by atoms with Gasteiger partial charge < -0.3 is 19.4 Å². The predicted octanol–water partition coefficient (Wildman–Crippen LogP) is 2.67. The van der Waals surface area contributed by atoms with Crippen LogP contribution in [0, 0.1) is 0 Å². The summed E-state index contributed by atoms with van der Waals surface area (Å²) in [6.45, 7) is 1.95. The van der Waals surface area contributed by atoms with Crippen molar-refractivity contribution in [3.8, 4) is 0 Å². The van der Waals surface area contributed by atoms with Gasteiger partial charge in [0.15, 0.2) is 0 Å². The molecule has 6 nitrogen and oxygen atoms in total. The van der Waals surface area contributed by atoms with E-state index in [4.69, 9.17) is 9.15 Å². The van der Waals surface area contributed by atoms with Crippen LogP contribution in [0.1, 0.15) is 16.1 Å². The zero-order valence-corrected chi connectivity index (χ0v) is 15.0. The highest BCUT2D eigenvalue weighted by atomic mass is 79.9. The molecule has 0 radical (unpaired) electrons. The van der Waals surface area contributed by atoms with Gasteiger partial charge >= 0.3 is 0 Å². The molecule has 1 fully saturated rings. The van der Waals surface area contributed by atoms with Crippen LogP contribution in [-0.4, -0.2) is 43.0 Å². The predicted molar refractivity (Wildman–Crippen MR) is 95.7 cm³/mol. The van der Waals surface area contributed by atoms with Gasteiger partial charge in [-0.1, -0.05) is 15.9 Å². The Kier molecular flexibility index (Phi) is 5.67. The molecule has 0 bridgehead atoms. The molecule has 0 unspecified atom stereocenters. The van der Waals surface area contributed by atoms with Gasteiger partial charge in [-0.05, 0) is 36.4 Å². The zero-order valence-electron chi connectivity index (χ0n) is 13.4. The monoisotopic (exact) mass is 404 g/mol. The summed E-state index contributed by atoms with van der Waals surface area (Å²) >= 11 is 3.33. The van der Waals surface area contributed by atoms with Crippen molar-refractivity contribution in [2.75, 3.05) is 26.3 Å². The number of ether oxygens (including phenoxy) is 1. The van der Waals surface area contributed by atoms with E-state index in [-0.39, 0.29) is 17.5 Å². The largest absolute Gasteiger partial charge is 0.465 e. The van der Waals surface area contributed by atoms with Crippen LogP contribution >= 0.6 is 15.9 Å². The second-order valence-corrected chi connectivity index (χ2v) is 6.35. The normalized spacial score (nSPS) is 15.1. The zero-order chi connectivity index (χ0) is 17.6. The van der Waals surface area contributed by atoms with Crippen LogP contribution in [-0.2, 0) is 9.53 Å². The van der Waals surface area contributed by atoms with Gasteiger partial charge in [0.1, 0.15) is 11.5 Å². The van der Waals surface area contributed by atoms with Crippen molar-refractivity contribution in [1.29, 1.82) is 0 Å². The first kappa shape index (κ1) is 17.4. The third-order valence-electron chi connectivity index (χ3n) is 3.71. The number of amides is 2. The molecular weight excluding hydrogens is 388 g/mol. The molecule has 25 heavy (non-hydrogen) atoms. The molecule has 0 aliphatic carbocycles. The number of furan rings is 1. The molecule has 7 heteroatoms. The summed E-state index contributed by atoms with van der Waals surface area (Å²) in [4.78, 5) is 26.9. The molecule has 2 heterocycles. The van der Waals surface area contributed by atoms with Crippen LogP contribution < -0.4 is 5.32 Å². The van der Waals surface area contributed by atoms with Crippen LogP contribution in [0.4, 0.5) is 0 Å². The molecule has 1 aliphatic rings. The van der Waals surface area contributed by atoms with Crippen LogP contribution in [0.25, 0.3) is 6.08 Å². The number of halogens is 1. The molecule has 1 N–H and O–H groups in total. The third-order valence-corrected chi connectivity index (χ3v) is 4.24. The number of carbonyl (C=O) groups excluding carboxylic acids is 2. The van der Waals surface area contributed by atoms with E-state index in [9.17, 15) is 9.59 Å². The van der Waals surface area contributed by atoms with Crippen molar-refractivity contribution in [2.24, 2.45) is 0 Å². The van der Waals surface area contributed by atoms with Gasteiger partial charge in [-0.2, -0.15) is 0 Å². The quantitative estimate of drug-likeness (QED) is 0.795. The fourth-order valence-electron chi connectivity index (χ4n) is 2.40. The average Bonchev–Trinajstić information content (AvgIpc) is 3.15. The fraction of sp³-hybridized carbons (Fsp3) is 0.222. The third kappa shape index (κ3) is 4.58. The number of carbonyl (C=O) groups is 2. The lowest BCUT2D eigenvalue weighted by molar-refractivity contribution is -0.131. The van der Waals surface area contributed by atoms with Gasteiger partial charge in [0.05, 0.1) is 19.5 Å². The molecule has 2 amide bonds. The number of hydrogen-bond donors (Lipinski definition) is 1. The van der Waals surface area contributed by atoms with E-state index in [2.05, 4.69) is 21.2 Å². The van der Waals surface area contributed by atoms with E-state index in [0.717, 1.165) is 4.47 Å². The Labute approximate surface area is 153 Å². The van der Waals surface area contributed by atoms with Crippen LogP contribution in [0.2, 0.25) is 0 Å². The van der Waals surface area contributed by atoms with Crippen molar-refractivity contribution in [2.45, 2.75) is 0 Å². The summed E-state index contributed by atoms with van der Waals surface area (Å²) in [6, 6.07) is 10.4. The summed E-state index contributed by atoms with van der Waals surface area (Å²) in [5.41, 5.74) is 0.632. The maximum absolute atomic E-state index is 12.8. The SMILES string of the molecule is O=C(NC(=Cc1ccco1)C(=O)N1CCOCC1)c1ccc(Br)cc1. The van der Waals surface area contributed by atoms with Crippen LogP contribution in [0.15, 0.2) is 57.2 Å². The van der Waals surface area contributed by atoms with Gasteiger partial charge in [0.2, 0.25) is 0 Å². The Balaban J connectivity index is 1.82. The van der Waals surface area contributed by atoms with Crippen LogP contribution in [0.5, 0.6) is 0 Å². The molecule has 2 aromatic rings. The standard InChI is InChI=1S/C18H17BrN2O4/c19-14-5-3-13(4-6-14)17(22)20-16(12-15-2-1-9-25-15)18(23)21-7-10-24-11-8-21/h1-6,9,12H,7-8,10-11H2,(H,20,22). The number of rotatable bonds is 4. The van der Waals surface area contributed by atoms with Gasteiger partial charge in [-0.25, -0.2) is 0 Å². The van der Waals surface area contributed by atoms with E-state index in [1.54, 1.807) is 41.3 Å². The topological polar surface area (TPSA) is 71.8 Å². The van der Waals surface area contributed by atoms with Crippen molar-refractivity contribution in [1.82, 2.24) is 10.2 Å². The molecule has 0 saturated carbocycles. The van der Waals surface area contributed by atoms with Crippen molar-refractivity contribution in [3.05, 3.63) is 64.2 Å². The fourth-order valence-corrected chi connectivity index (χ4v) is 2.66. The van der Waals surface area contributed by atoms with E-state index in [0.29, 0.717) is 37.6 Å². The summed E-state index contributed by atoms with van der Waals surface area (Å²) < 4.78 is 11.4. The lowest BCUT2D eigenvalue weighted by Crippen LogP contribution is -2.44. The molecule has 3 rings (SSSR count). The molecule has 0 spiro atoms. The van der Waals surface area contributed by atoms with Crippen molar-refractivity contribution in [3.63, 3.8) is 0 Å². The minimum absolute atomic E-state index is 0.171.